The van der Waals surface area contributed by atoms with E-state index < -0.39 is 0 Å². The molecule has 246 valence electrons. The molecule has 1 saturated carbocycles. The van der Waals surface area contributed by atoms with Gasteiger partial charge in [-0.15, -0.1) is 11.3 Å². The van der Waals surface area contributed by atoms with Crippen LogP contribution in [0.2, 0.25) is 0 Å². The molecule has 0 N–H and O–H groups in total. The monoisotopic (exact) mass is 680 g/mol. The highest BCUT2D eigenvalue weighted by Gasteiger charge is 2.25. The summed E-state index contributed by atoms with van der Waals surface area (Å²) in [6.07, 6.45) is 3.93. The van der Waals surface area contributed by atoms with Crippen molar-refractivity contribution in [3.63, 3.8) is 0 Å². The highest BCUT2D eigenvalue weighted by molar-refractivity contribution is 7.25. The lowest BCUT2D eigenvalue weighted by Gasteiger charge is -2.28. The first-order valence-electron chi connectivity index (χ1n) is 18.6. The number of aryl methyl sites for hydroxylation is 1. The zero-order valence-electron chi connectivity index (χ0n) is 29.1. The molecular weight excluding hydrogens is 645 g/mol. The predicted octanol–water partition coefficient (Wildman–Crippen LogP) is 15.2. The van der Waals surface area contributed by atoms with Crippen molar-refractivity contribution >= 4 is 74.6 Å². The van der Waals surface area contributed by atoms with Crippen molar-refractivity contribution < 1.29 is 0 Å². The topological polar surface area (TPSA) is 0 Å². The maximum absolute atomic E-state index is 2.50. The molecule has 0 amide bonds. The fourth-order valence-corrected chi connectivity index (χ4v) is 10.4. The molecule has 0 nitrogen and oxygen atoms in total. The van der Waals surface area contributed by atoms with Crippen molar-refractivity contribution in [2.75, 3.05) is 0 Å². The van der Waals surface area contributed by atoms with Crippen LogP contribution in [0.1, 0.15) is 36.3 Å². The van der Waals surface area contributed by atoms with Crippen LogP contribution in [0.3, 0.4) is 0 Å². The van der Waals surface area contributed by atoms with Gasteiger partial charge in [0, 0.05) is 20.2 Å². The summed E-state index contributed by atoms with van der Waals surface area (Å²) >= 11 is 1.88. The Bertz CT molecular complexity index is 3010. The van der Waals surface area contributed by atoms with Crippen LogP contribution < -0.4 is 0 Å². The molecule has 11 rings (SSSR count). The maximum atomic E-state index is 2.50. The number of hydrogen-bond acceptors (Lipinski definition) is 1. The fraction of sp³-hybridized carbons (Fsp3) is 0.0980. The van der Waals surface area contributed by atoms with E-state index in [0.29, 0.717) is 5.92 Å². The van der Waals surface area contributed by atoms with Gasteiger partial charge in [0.25, 0.3) is 0 Å². The van der Waals surface area contributed by atoms with Crippen molar-refractivity contribution in [2.45, 2.75) is 32.1 Å². The van der Waals surface area contributed by atoms with Gasteiger partial charge in [-0.25, -0.2) is 0 Å². The molecule has 52 heavy (non-hydrogen) atoms. The second-order valence-electron chi connectivity index (χ2n) is 14.7. The number of thiophene rings is 1. The molecule has 1 aromatic heterocycles. The van der Waals surface area contributed by atoms with Crippen molar-refractivity contribution in [3.8, 4) is 33.4 Å². The first-order chi connectivity index (χ1) is 25.7. The number of benzene rings is 9. The van der Waals surface area contributed by atoms with Crippen LogP contribution in [0, 0.1) is 6.92 Å². The first-order valence-corrected chi connectivity index (χ1v) is 19.4. The zero-order valence-corrected chi connectivity index (χ0v) is 29.9. The highest BCUT2D eigenvalue weighted by Crippen LogP contribution is 2.50. The van der Waals surface area contributed by atoms with Gasteiger partial charge in [0.2, 0.25) is 0 Å². The molecule has 1 aliphatic rings. The third-order valence-corrected chi connectivity index (χ3v) is 13.0. The van der Waals surface area contributed by atoms with Crippen LogP contribution in [-0.4, -0.2) is 0 Å². The Morgan fingerprint density at radius 3 is 1.75 bits per heavy atom. The van der Waals surface area contributed by atoms with Gasteiger partial charge in [-0.2, -0.15) is 0 Å². The first kappa shape index (κ1) is 29.9. The molecule has 1 heteroatoms. The molecule has 0 atom stereocenters. The Balaban J connectivity index is 1.22. The largest absolute Gasteiger partial charge is 0.135 e. The summed E-state index contributed by atoms with van der Waals surface area (Å²) in [6, 6.07) is 59.6. The molecule has 0 radical (unpaired) electrons. The van der Waals surface area contributed by atoms with Crippen LogP contribution in [0.4, 0.5) is 0 Å². The molecule has 1 aliphatic carbocycles. The normalized spacial score (nSPS) is 13.6. The van der Waals surface area contributed by atoms with Gasteiger partial charge in [-0.3, -0.25) is 0 Å². The Morgan fingerprint density at radius 1 is 0.442 bits per heavy atom. The van der Waals surface area contributed by atoms with Gasteiger partial charge in [-0.1, -0.05) is 140 Å². The van der Waals surface area contributed by atoms with Crippen LogP contribution in [0.5, 0.6) is 0 Å². The van der Waals surface area contributed by atoms with E-state index in [0.717, 1.165) is 0 Å². The smallest absolute Gasteiger partial charge is 0.0355 e. The molecule has 10 aromatic rings. The minimum atomic E-state index is 0.664. The summed E-state index contributed by atoms with van der Waals surface area (Å²) in [5.74, 6) is 0.664. The lowest BCUT2D eigenvalue weighted by Crippen LogP contribution is -2.09. The molecule has 1 fully saturated rings. The minimum absolute atomic E-state index is 0.664. The van der Waals surface area contributed by atoms with Crippen LogP contribution in [0.25, 0.3) is 96.6 Å². The van der Waals surface area contributed by atoms with Crippen molar-refractivity contribution in [1.82, 2.24) is 0 Å². The molecule has 0 bridgehead atoms. The third-order valence-electron chi connectivity index (χ3n) is 11.9. The van der Waals surface area contributed by atoms with Gasteiger partial charge in [0.15, 0.2) is 0 Å². The number of fused-ring (bicyclic) bond motifs is 8. The van der Waals surface area contributed by atoms with E-state index in [2.05, 4.69) is 165 Å². The summed E-state index contributed by atoms with van der Waals surface area (Å²) in [4.78, 5) is 0. The summed E-state index contributed by atoms with van der Waals surface area (Å²) in [5.41, 5.74) is 10.6. The average molecular weight is 681 g/mol. The minimum Gasteiger partial charge on any atom is -0.135 e. The van der Waals surface area contributed by atoms with E-state index in [4.69, 9.17) is 0 Å². The second kappa shape index (κ2) is 11.6. The summed E-state index contributed by atoms with van der Waals surface area (Å²) in [6.45, 7) is 2.30. The van der Waals surface area contributed by atoms with Crippen LogP contribution in [-0.2, 0) is 0 Å². The Labute approximate surface area is 307 Å². The van der Waals surface area contributed by atoms with E-state index in [1.807, 2.05) is 11.3 Å². The lowest BCUT2D eigenvalue weighted by molar-refractivity contribution is 0.422. The van der Waals surface area contributed by atoms with Gasteiger partial charge >= 0.3 is 0 Å². The summed E-state index contributed by atoms with van der Waals surface area (Å²) in [7, 11) is 0. The lowest BCUT2D eigenvalue weighted by atomic mass is 9.76. The van der Waals surface area contributed by atoms with Crippen molar-refractivity contribution in [2.24, 2.45) is 0 Å². The van der Waals surface area contributed by atoms with Crippen LogP contribution in [0.15, 0.2) is 158 Å². The Kier molecular flexibility index (Phi) is 6.69. The number of rotatable bonds is 4. The van der Waals surface area contributed by atoms with E-state index in [9.17, 15) is 0 Å². The molecular formula is C51H36S. The SMILES string of the molecule is Cc1cccc2c(-c3c4ccccc4c(-c4ccccc4-c4ccc5sc6ccccc6c5c4)c4ccccc34)cc3cccc(C4CCC4)c3c12. The van der Waals surface area contributed by atoms with E-state index in [-0.39, 0.29) is 0 Å². The predicted molar refractivity (Wildman–Crippen MR) is 227 cm³/mol. The van der Waals surface area contributed by atoms with Gasteiger partial charge in [0.05, 0.1) is 0 Å². The third kappa shape index (κ3) is 4.39. The number of hydrogen-bond donors (Lipinski definition) is 0. The molecule has 0 unspecified atom stereocenters. The van der Waals surface area contributed by atoms with Crippen molar-refractivity contribution in [3.05, 3.63) is 169 Å². The Morgan fingerprint density at radius 2 is 1.04 bits per heavy atom. The molecule has 0 spiro atoms. The standard InChI is InChI=1S/C51H36S/c1-31-13-10-25-43-45(30-34-16-12-24-36(32-14-11-15-32)49(34)48(31)43)51-41-22-6-4-20-39(41)50(40-21-5-7-23-42(40)51)38-19-3-2-17-35(38)33-27-28-47-44(29-33)37-18-8-9-26-46(37)52-47/h2-10,12-13,16-30,32H,11,14-15H2,1H3. The fourth-order valence-electron chi connectivity index (χ4n) is 9.28. The Hall–Kier alpha value is -5.76. The van der Waals surface area contributed by atoms with E-state index in [1.165, 1.54) is 127 Å². The molecule has 0 aliphatic heterocycles. The summed E-state index contributed by atoms with van der Waals surface area (Å²) < 4.78 is 2.67. The molecule has 0 saturated heterocycles. The average Bonchev–Trinajstić information content (AvgIpc) is 3.54. The zero-order chi connectivity index (χ0) is 34.3. The summed E-state index contributed by atoms with van der Waals surface area (Å²) in [5, 5.41) is 13.4. The van der Waals surface area contributed by atoms with E-state index >= 15 is 0 Å². The van der Waals surface area contributed by atoms with Gasteiger partial charge < -0.3 is 0 Å². The molecule has 1 heterocycles. The van der Waals surface area contributed by atoms with Gasteiger partial charge in [0.1, 0.15) is 0 Å². The molecule has 9 aromatic carbocycles. The second-order valence-corrected chi connectivity index (χ2v) is 15.8. The van der Waals surface area contributed by atoms with Crippen molar-refractivity contribution in [1.29, 1.82) is 0 Å². The highest BCUT2D eigenvalue weighted by atomic mass is 32.1. The maximum Gasteiger partial charge on any atom is 0.0355 e. The van der Waals surface area contributed by atoms with Gasteiger partial charge in [-0.05, 0) is 138 Å². The van der Waals surface area contributed by atoms with E-state index in [1.54, 1.807) is 0 Å². The van der Waals surface area contributed by atoms with Crippen LogP contribution >= 0.6 is 11.3 Å². The quantitative estimate of drug-likeness (QED) is 0.128.